The average Bonchev–Trinajstić information content (AvgIpc) is 2.97. The van der Waals surface area contributed by atoms with E-state index in [4.69, 9.17) is 0 Å². The van der Waals surface area contributed by atoms with Crippen molar-refractivity contribution in [3.05, 3.63) is 77.4 Å². The Kier molecular flexibility index (Phi) is 5.12. The van der Waals surface area contributed by atoms with Crippen molar-refractivity contribution in [2.75, 3.05) is 25.1 Å². The van der Waals surface area contributed by atoms with E-state index in [9.17, 15) is 0 Å². The van der Waals surface area contributed by atoms with E-state index in [1.54, 1.807) is 0 Å². The number of rotatable bonds is 5. The topological polar surface area (TPSA) is 3.01 Å². The third-order valence-corrected chi connectivity index (χ3v) is 4.62. The van der Waals surface area contributed by atoms with Crippen LogP contribution in [0.1, 0.15) is 17.5 Å². The molecule has 0 aromatic heterocycles. The van der Waals surface area contributed by atoms with E-state index in [1.807, 2.05) is 11.8 Å². The molecule has 0 amide bonds. The highest BCUT2D eigenvalue weighted by Crippen LogP contribution is 2.22. The van der Waals surface area contributed by atoms with Crippen LogP contribution in [0, 0.1) is 0 Å². The van der Waals surface area contributed by atoms with Crippen molar-refractivity contribution in [1.29, 1.82) is 0 Å². The van der Waals surface area contributed by atoms with Gasteiger partial charge in [0.15, 0.2) is 6.54 Å². The van der Waals surface area contributed by atoms with Gasteiger partial charge >= 0.3 is 0 Å². The van der Waals surface area contributed by atoms with Crippen LogP contribution >= 0.6 is 11.8 Å². The van der Waals surface area contributed by atoms with Crippen molar-refractivity contribution in [2.45, 2.75) is 6.42 Å². The number of hydrogen-bond acceptors (Lipinski definition) is 1. The quantitative estimate of drug-likeness (QED) is 0.743. The summed E-state index contributed by atoms with van der Waals surface area (Å²) in [7, 11) is 0. The Labute approximate surface area is 137 Å². The summed E-state index contributed by atoms with van der Waals surface area (Å²) in [5, 5.41) is 0. The zero-order valence-corrected chi connectivity index (χ0v) is 13.9. The second-order valence-electron chi connectivity index (χ2n) is 5.52. The number of nitrogens with zero attached hydrogens (tertiary/aromatic N) is 1. The number of thioether (sulfide) groups is 1. The van der Waals surface area contributed by atoms with Crippen LogP contribution in [0.4, 0.5) is 0 Å². The number of hydrogen-bond donors (Lipinski definition) is 0. The fourth-order valence-electron chi connectivity index (χ4n) is 2.97. The van der Waals surface area contributed by atoms with E-state index in [-0.39, 0.29) is 0 Å². The predicted molar refractivity (Wildman–Crippen MR) is 98.0 cm³/mol. The van der Waals surface area contributed by atoms with Gasteiger partial charge in [-0.25, -0.2) is 4.58 Å². The van der Waals surface area contributed by atoms with Crippen LogP contribution in [0.3, 0.4) is 0 Å². The Hall–Kier alpha value is -1.80. The maximum atomic E-state index is 2.54. The first kappa shape index (κ1) is 15.1. The minimum Gasteiger partial charge on any atom is -0.228 e. The van der Waals surface area contributed by atoms with Gasteiger partial charge in [-0.15, -0.1) is 0 Å². The monoisotopic (exact) mass is 308 g/mol. The molecule has 0 bridgehead atoms. The summed E-state index contributed by atoms with van der Waals surface area (Å²) in [5.74, 6) is 1.18. The smallest absolute Gasteiger partial charge is 0.210 e. The fourth-order valence-corrected chi connectivity index (χ4v) is 3.37. The second kappa shape index (κ2) is 7.46. The summed E-state index contributed by atoms with van der Waals surface area (Å²) in [6.45, 7) is 2.25. The summed E-state index contributed by atoms with van der Waals surface area (Å²) >= 11 is 1.92. The third-order valence-electron chi connectivity index (χ3n) is 4.02. The van der Waals surface area contributed by atoms with E-state index in [2.05, 4.69) is 77.6 Å². The summed E-state index contributed by atoms with van der Waals surface area (Å²) < 4.78 is 2.54. The van der Waals surface area contributed by atoms with Crippen molar-refractivity contribution >= 4 is 23.5 Å². The van der Waals surface area contributed by atoms with Gasteiger partial charge in [-0.2, -0.15) is 11.8 Å². The Bertz CT molecular complexity index is 671. The van der Waals surface area contributed by atoms with Crippen molar-refractivity contribution in [3.8, 4) is 0 Å². The Morgan fingerprint density at radius 3 is 2.36 bits per heavy atom. The van der Waals surface area contributed by atoms with E-state index in [0.29, 0.717) is 0 Å². The third kappa shape index (κ3) is 3.50. The van der Waals surface area contributed by atoms with E-state index in [1.165, 1.54) is 28.2 Å². The van der Waals surface area contributed by atoms with Gasteiger partial charge in [-0.1, -0.05) is 48.5 Å². The van der Waals surface area contributed by atoms with Gasteiger partial charge in [0.1, 0.15) is 6.54 Å². The maximum absolute atomic E-state index is 2.54. The lowest BCUT2D eigenvalue weighted by Crippen LogP contribution is -2.19. The van der Waals surface area contributed by atoms with Crippen LogP contribution in [0.2, 0.25) is 0 Å². The minimum absolute atomic E-state index is 1.12. The van der Waals surface area contributed by atoms with Gasteiger partial charge in [-0.05, 0) is 30.0 Å². The molecule has 0 saturated carbocycles. The molecule has 2 aromatic carbocycles. The first-order valence-electron chi connectivity index (χ1n) is 7.81. The lowest BCUT2D eigenvalue weighted by atomic mass is 10.00. The molecule has 1 heterocycles. The van der Waals surface area contributed by atoms with Gasteiger partial charge in [0, 0.05) is 17.6 Å². The van der Waals surface area contributed by atoms with Crippen LogP contribution in [0.15, 0.2) is 66.2 Å². The van der Waals surface area contributed by atoms with Gasteiger partial charge in [-0.3, -0.25) is 0 Å². The fraction of sp³-hybridized carbons (Fsp3) is 0.250. The second-order valence-corrected chi connectivity index (χ2v) is 6.51. The molecule has 0 saturated heterocycles. The molecule has 1 aliphatic heterocycles. The molecular weight excluding hydrogens is 286 g/mol. The van der Waals surface area contributed by atoms with E-state index >= 15 is 0 Å². The Morgan fingerprint density at radius 2 is 1.68 bits per heavy atom. The van der Waals surface area contributed by atoms with Gasteiger partial charge in [0.25, 0.3) is 0 Å². The van der Waals surface area contributed by atoms with Crippen molar-refractivity contribution in [2.24, 2.45) is 0 Å². The Morgan fingerprint density at radius 1 is 1.00 bits per heavy atom. The summed E-state index contributed by atoms with van der Waals surface area (Å²) in [5.41, 5.74) is 5.50. The molecule has 0 N–H and O–H groups in total. The zero-order valence-electron chi connectivity index (χ0n) is 13.0. The SMILES string of the molecule is CSCC[N+]1=C(c2ccccc2)/C(=C/c2ccccc2)CC1. The molecule has 0 unspecified atom stereocenters. The molecule has 1 nitrogen and oxygen atoms in total. The minimum atomic E-state index is 1.12. The largest absolute Gasteiger partial charge is 0.228 e. The molecule has 0 radical (unpaired) electrons. The highest BCUT2D eigenvalue weighted by atomic mass is 32.2. The molecule has 0 spiro atoms. The summed E-state index contributed by atoms with van der Waals surface area (Å²) in [6, 6.07) is 21.5. The first-order chi connectivity index (χ1) is 10.9. The maximum Gasteiger partial charge on any atom is 0.210 e. The molecule has 2 heteroatoms. The van der Waals surface area contributed by atoms with Crippen molar-refractivity contribution in [3.63, 3.8) is 0 Å². The molecular formula is C20H22NS+. The molecule has 3 rings (SSSR count). The zero-order chi connectivity index (χ0) is 15.2. The lowest BCUT2D eigenvalue weighted by molar-refractivity contribution is -0.514. The van der Waals surface area contributed by atoms with Crippen LogP contribution < -0.4 is 0 Å². The Balaban J connectivity index is 2.00. The number of benzene rings is 2. The van der Waals surface area contributed by atoms with Crippen LogP contribution in [0.5, 0.6) is 0 Å². The van der Waals surface area contributed by atoms with Crippen LogP contribution in [-0.2, 0) is 0 Å². The normalized spacial score (nSPS) is 16.5. The summed E-state index contributed by atoms with van der Waals surface area (Å²) in [4.78, 5) is 0. The first-order valence-corrected chi connectivity index (χ1v) is 9.20. The van der Waals surface area contributed by atoms with Crippen LogP contribution in [-0.4, -0.2) is 35.4 Å². The molecule has 0 atom stereocenters. The molecule has 1 aliphatic rings. The average molecular weight is 308 g/mol. The standard InChI is InChI=1S/C20H22NS/c1-22-15-14-21-13-12-19(16-17-8-4-2-5-9-17)20(21)18-10-6-3-7-11-18/h2-11,16H,12-15H2,1H3/q+1/b19-16+. The molecule has 0 aliphatic carbocycles. The molecule has 2 aromatic rings. The molecule has 22 heavy (non-hydrogen) atoms. The predicted octanol–water partition coefficient (Wildman–Crippen LogP) is 4.34. The van der Waals surface area contributed by atoms with E-state index < -0.39 is 0 Å². The molecule has 0 fully saturated rings. The lowest BCUT2D eigenvalue weighted by Gasteiger charge is -2.04. The summed E-state index contributed by atoms with van der Waals surface area (Å²) in [6.07, 6.45) is 5.66. The highest BCUT2D eigenvalue weighted by Gasteiger charge is 2.28. The van der Waals surface area contributed by atoms with Crippen LogP contribution in [0.25, 0.3) is 6.08 Å². The highest BCUT2D eigenvalue weighted by molar-refractivity contribution is 7.98. The molecule has 112 valence electrons. The van der Waals surface area contributed by atoms with Crippen molar-refractivity contribution in [1.82, 2.24) is 0 Å². The van der Waals surface area contributed by atoms with Gasteiger partial charge < -0.3 is 0 Å². The van der Waals surface area contributed by atoms with Crippen molar-refractivity contribution < 1.29 is 4.58 Å². The van der Waals surface area contributed by atoms with Gasteiger partial charge in [0.05, 0.1) is 5.75 Å². The van der Waals surface area contributed by atoms with Gasteiger partial charge in [0.2, 0.25) is 5.71 Å². The van der Waals surface area contributed by atoms with E-state index in [0.717, 1.165) is 19.5 Å².